The summed E-state index contributed by atoms with van der Waals surface area (Å²) in [4.78, 5) is 25.6. The van der Waals surface area contributed by atoms with Crippen molar-refractivity contribution in [3.63, 3.8) is 0 Å². The van der Waals surface area contributed by atoms with E-state index >= 15 is 0 Å². The van der Waals surface area contributed by atoms with Crippen LogP contribution in [-0.2, 0) is 10.5 Å². The van der Waals surface area contributed by atoms with Crippen molar-refractivity contribution in [3.8, 4) is 5.69 Å². The first kappa shape index (κ1) is 22.0. The van der Waals surface area contributed by atoms with Gasteiger partial charge >= 0.3 is 5.97 Å². The Bertz CT molecular complexity index is 1580. The average molecular weight is 475 g/mol. The molecule has 34 heavy (non-hydrogen) atoms. The zero-order valence-electron chi connectivity index (χ0n) is 18.9. The summed E-state index contributed by atoms with van der Waals surface area (Å²) in [5, 5.41) is 9.95. The molecule has 3 aromatic heterocycles. The lowest BCUT2D eigenvalue weighted by Gasteiger charge is -2.16. The number of hydrogen-bond donors (Lipinski definition) is 0. The van der Waals surface area contributed by atoms with Crippen LogP contribution in [0.25, 0.3) is 22.4 Å². The zero-order chi connectivity index (χ0) is 23.8. The molecule has 0 aliphatic heterocycles. The fraction of sp³-hybridized carbons (Fsp3) is 0.200. The summed E-state index contributed by atoms with van der Waals surface area (Å²) in [6.45, 7) is 4.19. The Morgan fingerprint density at radius 1 is 1.09 bits per heavy atom. The minimum absolute atomic E-state index is 0.154. The highest BCUT2D eigenvalue weighted by Crippen LogP contribution is 2.29. The number of carbonyl (C=O) groups is 1. The van der Waals surface area contributed by atoms with Gasteiger partial charge in [-0.3, -0.25) is 9.20 Å². The van der Waals surface area contributed by atoms with Gasteiger partial charge in [0.25, 0.3) is 5.56 Å². The Morgan fingerprint density at radius 2 is 1.85 bits per heavy atom. The van der Waals surface area contributed by atoms with E-state index in [1.165, 1.54) is 25.1 Å². The third-order valence-corrected chi connectivity index (χ3v) is 6.61. The molecule has 0 fully saturated rings. The van der Waals surface area contributed by atoms with Crippen molar-refractivity contribution in [3.05, 3.63) is 88.1 Å². The van der Waals surface area contributed by atoms with Gasteiger partial charge in [0.15, 0.2) is 5.16 Å². The minimum atomic E-state index is -0.458. The summed E-state index contributed by atoms with van der Waals surface area (Å²) in [7, 11) is 1.33. The number of fused-ring (bicyclic) bond motifs is 3. The van der Waals surface area contributed by atoms with E-state index in [4.69, 9.17) is 9.15 Å². The van der Waals surface area contributed by atoms with Crippen LogP contribution >= 0.6 is 11.8 Å². The Hall–Kier alpha value is -3.85. The first-order chi connectivity index (χ1) is 16.5. The lowest BCUT2D eigenvalue weighted by atomic mass is 10.0. The van der Waals surface area contributed by atoms with Crippen LogP contribution in [0.2, 0.25) is 0 Å². The molecular formula is C25H22N4O4S. The highest BCUT2D eigenvalue weighted by atomic mass is 32.2. The summed E-state index contributed by atoms with van der Waals surface area (Å²) >= 11 is 1.36. The predicted molar refractivity (Wildman–Crippen MR) is 130 cm³/mol. The molecule has 0 aliphatic carbocycles. The third kappa shape index (κ3) is 3.58. The van der Waals surface area contributed by atoms with Crippen molar-refractivity contribution in [2.24, 2.45) is 0 Å². The van der Waals surface area contributed by atoms with Crippen molar-refractivity contribution in [1.82, 2.24) is 19.2 Å². The van der Waals surface area contributed by atoms with Crippen LogP contribution < -0.4 is 5.56 Å². The molecule has 0 amide bonds. The molecule has 0 aliphatic rings. The number of nitrogens with zero attached hydrogens (tertiary/aromatic N) is 4. The predicted octanol–water partition coefficient (Wildman–Crippen LogP) is 4.83. The van der Waals surface area contributed by atoms with Gasteiger partial charge in [-0.1, -0.05) is 55.9 Å². The second kappa shape index (κ2) is 8.83. The standard InChI is InChI=1S/C25H22N4O4S/c1-15(2)16-8-4-6-10-19(16)28-22(30)17-9-5-7-11-20(17)29-24(28)26-27-25(29)34-14-21-18(12-13-33-21)23(31)32-3/h4-13,15H,14H2,1-3H3. The monoisotopic (exact) mass is 474 g/mol. The van der Waals surface area contributed by atoms with Gasteiger partial charge < -0.3 is 9.15 Å². The van der Waals surface area contributed by atoms with Gasteiger partial charge in [0.05, 0.1) is 35.7 Å². The lowest BCUT2D eigenvalue weighted by Crippen LogP contribution is -2.23. The molecule has 0 N–H and O–H groups in total. The summed E-state index contributed by atoms with van der Waals surface area (Å²) in [6, 6.07) is 16.8. The van der Waals surface area contributed by atoms with Crippen LogP contribution in [0.5, 0.6) is 0 Å². The fourth-order valence-corrected chi connectivity index (χ4v) is 4.93. The molecular weight excluding hydrogens is 452 g/mol. The maximum absolute atomic E-state index is 13.6. The van der Waals surface area contributed by atoms with E-state index in [0.717, 1.165) is 11.3 Å². The van der Waals surface area contributed by atoms with E-state index < -0.39 is 5.97 Å². The molecule has 0 radical (unpaired) electrons. The quantitative estimate of drug-likeness (QED) is 0.257. The number of furan rings is 1. The van der Waals surface area contributed by atoms with Crippen molar-refractivity contribution in [2.75, 3.05) is 7.11 Å². The number of carbonyl (C=O) groups excluding carboxylic acids is 1. The van der Waals surface area contributed by atoms with Crippen molar-refractivity contribution >= 4 is 34.4 Å². The SMILES string of the molecule is COC(=O)c1ccoc1CSc1nnc2n(-c3ccccc3C(C)C)c(=O)c3ccccc3n12. The number of esters is 1. The summed E-state index contributed by atoms with van der Waals surface area (Å²) in [5.74, 6) is 0.999. The van der Waals surface area contributed by atoms with Gasteiger partial charge in [0.1, 0.15) is 11.3 Å². The maximum atomic E-state index is 13.6. The number of ether oxygens (including phenoxy) is 1. The summed E-state index contributed by atoms with van der Waals surface area (Å²) in [6.07, 6.45) is 1.46. The van der Waals surface area contributed by atoms with Gasteiger partial charge in [-0.05, 0) is 35.7 Å². The van der Waals surface area contributed by atoms with E-state index in [2.05, 4.69) is 24.0 Å². The fourth-order valence-electron chi connectivity index (χ4n) is 4.04. The Morgan fingerprint density at radius 3 is 2.65 bits per heavy atom. The molecule has 0 spiro atoms. The van der Waals surface area contributed by atoms with Crippen LogP contribution in [0, 0.1) is 0 Å². The molecule has 0 saturated carbocycles. The number of hydrogen-bond acceptors (Lipinski definition) is 7. The first-order valence-corrected chi connectivity index (χ1v) is 11.8. The van der Waals surface area contributed by atoms with E-state index in [-0.39, 0.29) is 11.5 Å². The van der Waals surface area contributed by atoms with Crippen LogP contribution in [0.3, 0.4) is 0 Å². The van der Waals surface area contributed by atoms with Crippen LogP contribution in [-0.4, -0.2) is 32.2 Å². The molecule has 5 aromatic rings. The van der Waals surface area contributed by atoms with Gasteiger partial charge in [-0.2, -0.15) is 0 Å². The maximum Gasteiger partial charge on any atom is 0.341 e. The van der Waals surface area contributed by atoms with Gasteiger partial charge in [-0.15, -0.1) is 10.2 Å². The molecule has 0 atom stereocenters. The molecule has 0 unspecified atom stereocenters. The summed E-state index contributed by atoms with van der Waals surface area (Å²) in [5.41, 5.74) is 2.75. The molecule has 9 heteroatoms. The van der Waals surface area contributed by atoms with E-state index in [1.54, 1.807) is 10.6 Å². The molecule has 0 saturated heterocycles. The van der Waals surface area contributed by atoms with Crippen LogP contribution in [0.15, 0.2) is 75.2 Å². The number of thioether (sulfide) groups is 1. The molecule has 3 heterocycles. The second-order valence-electron chi connectivity index (χ2n) is 8.03. The second-order valence-corrected chi connectivity index (χ2v) is 8.97. The van der Waals surface area contributed by atoms with Crippen molar-refractivity contribution < 1.29 is 13.9 Å². The minimum Gasteiger partial charge on any atom is -0.468 e. The number of methoxy groups -OCH3 is 1. The highest BCUT2D eigenvalue weighted by Gasteiger charge is 2.21. The number of rotatable bonds is 6. The lowest BCUT2D eigenvalue weighted by molar-refractivity contribution is 0.0598. The van der Waals surface area contributed by atoms with Gasteiger partial charge in [0.2, 0.25) is 5.78 Å². The van der Waals surface area contributed by atoms with Crippen molar-refractivity contribution in [2.45, 2.75) is 30.7 Å². The zero-order valence-corrected chi connectivity index (χ0v) is 19.7. The van der Waals surface area contributed by atoms with E-state index in [9.17, 15) is 9.59 Å². The first-order valence-electron chi connectivity index (χ1n) is 10.8. The molecule has 0 bridgehead atoms. The average Bonchev–Trinajstić information content (AvgIpc) is 3.50. The third-order valence-electron chi connectivity index (χ3n) is 5.68. The Balaban J connectivity index is 1.70. The van der Waals surface area contributed by atoms with Crippen LogP contribution in [0.1, 0.15) is 41.4 Å². The van der Waals surface area contributed by atoms with Crippen LogP contribution in [0.4, 0.5) is 0 Å². The largest absolute Gasteiger partial charge is 0.468 e. The molecule has 5 rings (SSSR count). The van der Waals surface area contributed by atoms with Gasteiger partial charge in [0, 0.05) is 0 Å². The van der Waals surface area contributed by atoms with E-state index in [1.807, 2.05) is 52.9 Å². The Labute approximate surface area is 199 Å². The van der Waals surface area contributed by atoms with E-state index in [0.29, 0.717) is 38.9 Å². The number of para-hydroxylation sites is 2. The Kier molecular flexibility index (Phi) is 5.70. The molecule has 8 nitrogen and oxygen atoms in total. The topological polar surface area (TPSA) is 91.6 Å². The number of benzene rings is 2. The van der Waals surface area contributed by atoms with Gasteiger partial charge in [-0.25, -0.2) is 9.36 Å². The molecule has 172 valence electrons. The highest BCUT2D eigenvalue weighted by molar-refractivity contribution is 7.98. The normalized spacial score (nSPS) is 11.5. The smallest absolute Gasteiger partial charge is 0.341 e. The number of aromatic nitrogens is 4. The van der Waals surface area contributed by atoms with Crippen molar-refractivity contribution in [1.29, 1.82) is 0 Å². The molecule has 2 aromatic carbocycles. The summed E-state index contributed by atoms with van der Waals surface area (Å²) < 4.78 is 13.8.